The maximum atomic E-state index is 14.0. The van der Waals surface area contributed by atoms with Crippen molar-refractivity contribution in [3.63, 3.8) is 0 Å². The molecule has 1 atom stereocenters. The second-order valence-electron chi connectivity index (χ2n) is 6.73. The molecule has 0 radical (unpaired) electrons. The molecular formula is C21H17F2N3O3S. The van der Waals surface area contributed by atoms with Gasteiger partial charge >= 0.3 is 0 Å². The summed E-state index contributed by atoms with van der Waals surface area (Å²) in [7, 11) is 1.48. The molecule has 1 aliphatic heterocycles. The van der Waals surface area contributed by atoms with Crippen molar-refractivity contribution in [2.45, 2.75) is 6.42 Å². The van der Waals surface area contributed by atoms with Crippen LogP contribution in [0.5, 0.6) is 5.75 Å². The van der Waals surface area contributed by atoms with E-state index < -0.39 is 17.6 Å². The van der Waals surface area contributed by atoms with Gasteiger partial charge in [0.2, 0.25) is 11.8 Å². The third kappa shape index (κ3) is 3.88. The normalized spacial score (nSPS) is 16.0. The molecule has 0 aliphatic carbocycles. The van der Waals surface area contributed by atoms with Gasteiger partial charge in [-0.05, 0) is 30.3 Å². The lowest BCUT2D eigenvalue weighted by molar-refractivity contribution is -0.122. The number of benzene rings is 2. The second-order valence-corrected chi connectivity index (χ2v) is 7.59. The lowest BCUT2D eigenvalue weighted by Gasteiger charge is -2.17. The molecule has 0 saturated carbocycles. The number of rotatable bonds is 5. The van der Waals surface area contributed by atoms with Gasteiger partial charge in [-0.15, -0.1) is 11.3 Å². The number of hydrogen-bond acceptors (Lipinski definition) is 5. The fraction of sp³-hybridized carbons (Fsp3) is 0.190. The Bertz CT molecular complexity index is 1120. The van der Waals surface area contributed by atoms with Crippen molar-refractivity contribution in [3.8, 4) is 17.0 Å². The van der Waals surface area contributed by atoms with Gasteiger partial charge in [-0.25, -0.2) is 13.8 Å². The lowest BCUT2D eigenvalue weighted by atomic mass is 10.1. The number of methoxy groups -OCH3 is 1. The van der Waals surface area contributed by atoms with Crippen LogP contribution >= 0.6 is 11.3 Å². The lowest BCUT2D eigenvalue weighted by Crippen LogP contribution is -2.28. The van der Waals surface area contributed by atoms with Crippen molar-refractivity contribution in [3.05, 3.63) is 59.5 Å². The number of aromatic nitrogens is 1. The van der Waals surface area contributed by atoms with E-state index in [4.69, 9.17) is 4.74 Å². The first-order valence-corrected chi connectivity index (χ1v) is 9.99. The molecule has 0 spiro atoms. The molecule has 1 aliphatic rings. The van der Waals surface area contributed by atoms with Crippen LogP contribution in [0.1, 0.15) is 6.42 Å². The molecule has 1 unspecified atom stereocenters. The Morgan fingerprint density at radius 2 is 2.07 bits per heavy atom. The highest BCUT2D eigenvalue weighted by atomic mass is 32.1. The van der Waals surface area contributed by atoms with Crippen LogP contribution in [0.4, 0.5) is 19.6 Å². The second kappa shape index (κ2) is 8.19. The smallest absolute Gasteiger partial charge is 0.231 e. The molecule has 3 aromatic rings. The number of para-hydroxylation sites is 1. The van der Waals surface area contributed by atoms with E-state index in [0.717, 1.165) is 0 Å². The van der Waals surface area contributed by atoms with E-state index in [1.165, 1.54) is 59.7 Å². The Labute approximate surface area is 175 Å². The van der Waals surface area contributed by atoms with Gasteiger partial charge in [-0.3, -0.25) is 9.59 Å². The van der Waals surface area contributed by atoms with Gasteiger partial charge in [0.25, 0.3) is 0 Å². The molecule has 30 heavy (non-hydrogen) atoms. The molecule has 2 amide bonds. The Kier molecular flexibility index (Phi) is 5.45. The zero-order chi connectivity index (χ0) is 21.3. The number of amides is 2. The van der Waals surface area contributed by atoms with E-state index >= 15 is 0 Å². The van der Waals surface area contributed by atoms with Crippen LogP contribution in [-0.4, -0.2) is 30.5 Å². The molecule has 1 N–H and O–H groups in total. The van der Waals surface area contributed by atoms with E-state index in [1.54, 1.807) is 11.4 Å². The molecule has 154 valence electrons. The topological polar surface area (TPSA) is 71.5 Å². The number of anilines is 2. The van der Waals surface area contributed by atoms with E-state index in [9.17, 15) is 18.4 Å². The Hall–Kier alpha value is -3.33. The molecule has 1 fully saturated rings. The molecule has 9 heteroatoms. The summed E-state index contributed by atoms with van der Waals surface area (Å²) in [5.74, 6) is -1.81. The standard InChI is InChI=1S/C21H17F2N3O3S/c1-29-18-7-6-13(22)9-14(18)16-11-30-21(24-16)25-20(28)12-8-19(27)26(10-12)17-5-3-2-4-15(17)23/h2-7,9,11-12H,8,10H2,1H3,(H,24,25,28). The minimum Gasteiger partial charge on any atom is -0.496 e. The van der Waals surface area contributed by atoms with E-state index in [1.807, 2.05) is 0 Å². The highest BCUT2D eigenvalue weighted by molar-refractivity contribution is 7.14. The van der Waals surface area contributed by atoms with Crippen molar-refractivity contribution >= 4 is 34.0 Å². The van der Waals surface area contributed by atoms with Gasteiger partial charge in [-0.2, -0.15) is 0 Å². The predicted octanol–water partition coefficient (Wildman–Crippen LogP) is 4.09. The number of nitrogens with zero attached hydrogens (tertiary/aromatic N) is 2. The third-order valence-corrected chi connectivity index (χ3v) is 5.57. The number of thiazole rings is 1. The van der Waals surface area contributed by atoms with Crippen LogP contribution in [0.3, 0.4) is 0 Å². The van der Waals surface area contributed by atoms with Crippen LogP contribution in [0, 0.1) is 17.6 Å². The van der Waals surface area contributed by atoms with Crippen molar-refractivity contribution < 1.29 is 23.1 Å². The maximum absolute atomic E-state index is 14.0. The van der Waals surface area contributed by atoms with Gasteiger partial charge in [-0.1, -0.05) is 12.1 Å². The number of carbonyl (C=O) groups excluding carboxylic acids is 2. The number of hydrogen-bond donors (Lipinski definition) is 1. The summed E-state index contributed by atoms with van der Waals surface area (Å²) in [5.41, 5.74) is 1.09. The van der Waals surface area contributed by atoms with Gasteiger partial charge in [0.05, 0.1) is 24.4 Å². The van der Waals surface area contributed by atoms with E-state index in [2.05, 4.69) is 10.3 Å². The van der Waals surface area contributed by atoms with Crippen LogP contribution in [-0.2, 0) is 9.59 Å². The van der Waals surface area contributed by atoms with Crippen LogP contribution in [0.2, 0.25) is 0 Å². The minimum absolute atomic E-state index is 0.0177. The number of nitrogens with one attached hydrogen (secondary N) is 1. The molecular weight excluding hydrogens is 412 g/mol. The molecule has 2 heterocycles. The fourth-order valence-electron chi connectivity index (χ4n) is 3.33. The predicted molar refractivity (Wildman–Crippen MR) is 110 cm³/mol. The van der Waals surface area contributed by atoms with Crippen molar-refractivity contribution in [1.82, 2.24) is 4.98 Å². The summed E-state index contributed by atoms with van der Waals surface area (Å²) in [6.07, 6.45) is -0.0177. The fourth-order valence-corrected chi connectivity index (χ4v) is 4.04. The van der Waals surface area contributed by atoms with Crippen molar-refractivity contribution in [2.24, 2.45) is 5.92 Å². The highest BCUT2D eigenvalue weighted by Gasteiger charge is 2.36. The van der Waals surface area contributed by atoms with Gasteiger partial charge < -0.3 is 15.0 Å². The average molecular weight is 429 g/mol. The van der Waals surface area contributed by atoms with Gasteiger partial charge in [0, 0.05) is 23.9 Å². The van der Waals surface area contributed by atoms with Crippen LogP contribution < -0.4 is 15.0 Å². The average Bonchev–Trinajstić information content (AvgIpc) is 3.35. The Morgan fingerprint density at radius 3 is 2.83 bits per heavy atom. The summed E-state index contributed by atoms with van der Waals surface area (Å²) in [6.45, 7) is 0.0849. The Morgan fingerprint density at radius 1 is 1.27 bits per heavy atom. The molecule has 1 saturated heterocycles. The summed E-state index contributed by atoms with van der Waals surface area (Å²) in [6, 6.07) is 10.1. The van der Waals surface area contributed by atoms with Gasteiger partial charge in [0.1, 0.15) is 17.4 Å². The van der Waals surface area contributed by atoms with E-state index in [0.29, 0.717) is 22.1 Å². The molecule has 4 rings (SSSR count). The summed E-state index contributed by atoms with van der Waals surface area (Å²) in [5, 5.41) is 4.69. The van der Waals surface area contributed by atoms with Crippen molar-refractivity contribution in [1.29, 1.82) is 0 Å². The summed E-state index contributed by atoms with van der Waals surface area (Å²) in [4.78, 5) is 30.6. The molecule has 2 aromatic carbocycles. The third-order valence-electron chi connectivity index (χ3n) is 4.81. The zero-order valence-electron chi connectivity index (χ0n) is 15.9. The first-order chi connectivity index (χ1) is 14.5. The number of halogens is 2. The molecule has 1 aromatic heterocycles. The minimum atomic E-state index is -0.631. The van der Waals surface area contributed by atoms with Crippen LogP contribution in [0.15, 0.2) is 47.8 Å². The molecule has 0 bridgehead atoms. The maximum Gasteiger partial charge on any atom is 0.231 e. The van der Waals surface area contributed by atoms with Gasteiger partial charge in [0.15, 0.2) is 5.13 Å². The zero-order valence-corrected chi connectivity index (χ0v) is 16.7. The SMILES string of the molecule is COc1ccc(F)cc1-c1csc(NC(=O)C2CC(=O)N(c3ccccc3F)C2)n1. The monoisotopic (exact) mass is 429 g/mol. The summed E-state index contributed by atoms with van der Waals surface area (Å²) < 4.78 is 32.9. The summed E-state index contributed by atoms with van der Waals surface area (Å²) >= 11 is 1.18. The largest absolute Gasteiger partial charge is 0.496 e. The molecule has 6 nitrogen and oxygen atoms in total. The van der Waals surface area contributed by atoms with E-state index in [-0.39, 0.29) is 30.5 Å². The number of ether oxygens (including phenoxy) is 1. The van der Waals surface area contributed by atoms with Crippen LogP contribution in [0.25, 0.3) is 11.3 Å². The first-order valence-electron chi connectivity index (χ1n) is 9.11. The Balaban J connectivity index is 1.47. The first kappa shape index (κ1) is 20.0. The number of carbonyl (C=O) groups is 2. The van der Waals surface area contributed by atoms with Crippen molar-refractivity contribution in [2.75, 3.05) is 23.9 Å². The quantitative estimate of drug-likeness (QED) is 0.663. The highest BCUT2D eigenvalue weighted by Crippen LogP contribution is 2.33.